The molecule has 1 heterocycles. The normalized spacial score (nSPS) is 12.1. The maximum absolute atomic E-state index is 13.8. The van der Waals surface area contributed by atoms with Crippen molar-refractivity contribution in [2.24, 2.45) is 0 Å². The minimum Gasteiger partial charge on any atom is -0.490 e. The van der Waals surface area contributed by atoms with Crippen molar-refractivity contribution in [1.29, 1.82) is 0 Å². The van der Waals surface area contributed by atoms with Crippen LogP contribution in [0.1, 0.15) is 16.7 Å². The van der Waals surface area contributed by atoms with Gasteiger partial charge in [0.25, 0.3) is 17.4 Å². The second-order valence-electron chi connectivity index (χ2n) is 10.3. The number of nitro groups is 1. The molecule has 0 aliphatic rings. The van der Waals surface area contributed by atoms with Crippen molar-refractivity contribution in [3.63, 3.8) is 0 Å². The molecule has 6 aromatic rings. The van der Waals surface area contributed by atoms with Gasteiger partial charge in [0.15, 0.2) is 6.20 Å². The summed E-state index contributed by atoms with van der Waals surface area (Å²) in [5.74, 6) is -1.52. The zero-order valence-corrected chi connectivity index (χ0v) is 26.0. The standard InChI is InChI=1S/C36H24Cl2N2O6/c1-45-35(41)33(32-29-19-23(37)11-15-27(29)28-16-12-24(38)20-30(28)32)34(36(42)46-2)39-18-17-22(26-5-3-4-6-31(26)39)10-7-21-8-13-25(14-9-21)40(43)44/h3-20H,1-2H3/b10-7+,34-33-. The third-order valence-corrected chi connectivity index (χ3v) is 8.20. The van der Waals surface area contributed by atoms with Gasteiger partial charge >= 0.3 is 5.97 Å². The first-order valence-electron chi connectivity index (χ1n) is 14.0. The summed E-state index contributed by atoms with van der Waals surface area (Å²) in [6, 6.07) is 26.1. The van der Waals surface area contributed by atoms with Crippen LogP contribution in [0, 0.1) is 10.1 Å². The van der Waals surface area contributed by atoms with Crippen LogP contribution in [0.3, 0.4) is 0 Å². The second kappa shape index (κ2) is 12.5. The number of aromatic nitrogens is 1. The van der Waals surface area contributed by atoms with Gasteiger partial charge in [-0.2, -0.15) is 4.57 Å². The van der Waals surface area contributed by atoms with E-state index < -0.39 is 16.9 Å². The van der Waals surface area contributed by atoms with Crippen LogP contribution in [0.2, 0.25) is 10.0 Å². The number of hydrogen-bond acceptors (Lipinski definition) is 6. The number of benzene rings is 4. The van der Waals surface area contributed by atoms with Crippen molar-refractivity contribution in [3.8, 4) is 0 Å². The van der Waals surface area contributed by atoms with Crippen molar-refractivity contribution in [2.45, 2.75) is 0 Å². The number of fused-ring (bicyclic) bond motifs is 4. The molecule has 46 heavy (non-hydrogen) atoms. The fourth-order valence-electron chi connectivity index (χ4n) is 5.65. The Kier molecular flexibility index (Phi) is 8.32. The van der Waals surface area contributed by atoms with Crippen LogP contribution >= 0.6 is 23.2 Å². The highest BCUT2D eigenvalue weighted by atomic mass is 35.5. The average molecular weight is 652 g/mol. The lowest BCUT2D eigenvalue weighted by Crippen LogP contribution is -2.39. The second-order valence-corrected chi connectivity index (χ2v) is 11.2. The number of nitrogens with zero attached hydrogens (tertiary/aromatic N) is 2. The molecule has 0 saturated carbocycles. The number of esters is 2. The zero-order chi connectivity index (χ0) is 32.5. The van der Waals surface area contributed by atoms with Crippen LogP contribution in [0.5, 0.6) is 0 Å². The SMILES string of the molecule is COC(=O)/C(=C(/C(=O)OC)[n+]1ccc(/C=C/c2ccc([N+](=O)[O-])cc2)c2ccccc21)[c-]1c2cc(Cl)ccc2c2ccc(Cl)cc21. The van der Waals surface area contributed by atoms with Gasteiger partial charge in [-0.05, 0) is 29.3 Å². The molecule has 0 aliphatic carbocycles. The highest BCUT2D eigenvalue weighted by Crippen LogP contribution is 2.42. The minimum absolute atomic E-state index is 0.00168. The summed E-state index contributed by atoms with van der Waals surface area (Å²) in [7, 11) is 2.50. The van der Waals surface area contributed by atoms with Crippen molar-refractivity contribution in [1.82, 2.24) is 0 Å². The third-order valence-electron chi connectivity index (χ3n) is 7.73. The summed E-state index contributed by atoms with van der Waals surface area (Å²) in [4.78, 5) is 38.2. The van der Waals surface area contributed by atoms with Gasteiger partial charge in [0.1, 0.15) is 0 Å². The van der Waals surface area contributed by atoms with Crippen LogP contribution in [-0.4, -0.2) is 31.1 Å². The number of nitro benzene ring substituents is 1. The summed E-state index contributed by atoms with van der Waals surface area (Å²) in [6.45, 7) is 0. The number of methoxy groups -OCH3 is 2. The monoisotopic (exact) mass is 650 g/mol. The number of non-ortho nitro benzene ring substituents is 1. The molecular formula is C36H24Cl2N2O6. The van der Waals surface area contributed by atoms with Gasteiger partial charge in [-0.25, -0.2) is 4.79 Å². The summed E-state index contributed by atoms with van der Waals surface area (Å²) in [5.41, 5.74) is 2.52. The molecule has 228 valence electrons. The van der Waals surface area contributed by atoms with Crippen molar-refractivity contribution in [2.75, 3.05) is 14.2 Å². The van der Waals surface area contributed by atoms with E-state index in [9.17, 15) is 19.7 Å². The molecule has 0 radical (unpaired) electrons. The fourth-order valence-corrected chi connectivity index (χ4v) is 6.00. The third kappa shape index (κ3) is 5.49. The molecule has 0 fully saturated rings. The van der Waals surface area contributed by atoms with Crippen LogP contribution in [0.25, 0.3) is 55.9 Å². The smallest absolute Gasteiger partial charge is 0.379 e. The van der Waals surface area contributed by atoms with E-state index in [1.165, 1.54) is 26.4 Å². The molecule has 0 N–H and O–H groups in total. The number of rotatable bonds is 7. The van der Waals surface area contributed by atoms with E-state index in [1.807, 2.05) is 48.6 Å². The van der Waals surface area contributed by atoms with Gasteiger partial charge in [-0.3, -0.25) is 14.9 Å². The number of ether oxygens (including phenoxy) is 2. The number of hydrogen-bond donors (Lipinski definition) is 0. The van der Waals surface area contributed by atoms with Crippen LogP contribution in [0.4, 0.5) is 5.69 Å². The van der Waals surface area contributed by atoms with E-state index >= 15 is 0 Å². The number of halogens is 2. The molecular weight excluding hydrogens is 627 g/mol. The van der Waals surface area contributed by atoms with E-state index in [1.54, 1.807) is 53.2 Å². The Morgan fingerprint density at radius 3 is 1.98 bits per heavy atom. The van der Waals surface area contributed by atoms with Crippen molar-refractivity contribution >= 4 is 96.7 Å². The van der Waals surface area contributed by atoms with E-state index in [0.29, 0.717) is 31.9 Å². The summed E-state index contributed by atoms with van der Waals surface area (Å²) in [6.07, 6.45) is 5.39. The Balaban J connectivity index is 1.64. The first-order chi connectivity index (χ1) is 22.2. The molecule has 0 spiro atoms. The Bertz CT molecular complexity index is 2210. The zero-order valence-electron chi connectivity index (χ0n) is 24.5. The van der Waals surface area contributed by atoms with Gasteiger partial charge < -0.3 is 9.47 Å². The first kappa shape index (κ1) is 30.6. The maximum atomic E-state index is 13.8. The average Bonchev–Trinajstić information content (AvgIpc) is 3.37. The molecule has 6 rings (SSSR count). The molecule has 0 saturated heterocycles. The number of carbonyl (C=O) groups is 2. The summed E-state index contributed by atoms with van der Waals surface area (Å²) in [5, 5.41) is 15.6. The lowest BCUT2D eigenvalue weighted by molar-refractivity contribution is -0.548. The number of para-hydroxylation sites is 1. The molecule has 0 bridgehead atoms. The van der Waals surface area contributed by atoms with Gasteiger partial charge in [0, 0.05) is 34.3 Å². The Morgan fingerprint density at radius 1 is 0.783 bits per heavy atom. The first-order valence-corrected chi connectivity index (χ1v) is 14.7. The molecule has 0 unspecified atom stereocenters. The van der Waals surface area contributed by atoms with E-state index in [0.717, 1.165) is 27.3 Å². The Hall–Kier alpha value is -5.44. The van der Waals surface area contributed by atoms with Gasteiger partial charge in [0.2, 0.25) is 5.52 Å². The maximum Gasteiger partial charge on any atom is 0.379 e. The predicted octanol–water partition coefficient (Wildman–Crippen LogP) is 8.25. The quantitative estimate of drug-likeness (QED) is 0.0431. The topological polar surface area (TPSA) is 99.6 Å². The van der Waals surface area contributed by atoms with E-state index in [-0.39, 0.29) is 17.0 Å². The molecule has 10 heteroatoms. The van der Waals surface area contributed by atoms with Crippen LogP contribution in [0.15, 0.2) is 97.2 Å². The van der Waals surface area contributed by atoms with Crippen molar-refractivity contribution in [3.05, 3.63) is 134 Å². The Morgan fingerprint density at radius 2 is 1.39 bits per heavy atom. The van der Waals surface area contributed by atoms with Gasteiger partial charge in [0.05, 0.1) is 30.1 Å². The minimum atomic E-state index is -0.767. The largest absolute Gasteiger partial charge is 0.490 e. The number of pyridine rings is 1. The Labute approximate surface area is 272 Å². The van der Waals surface area contributed by atoms with Gasteiger partial charge in [-0.15, -0.1) is 0 Å². The van der Waals surface area contributed by atoms with Crippen LogP contribution < -0.4 is 4.57 Å². The molecule has 0 atom stereocenters. The molecule has 5 aromatic carbocycles. The molecule has 8 nitrogen and oxygen atoms in total. The number of carbonyl (C=O) groups excluding carboxylic acids is 2. The van der Waals surface area contributed by atoms with Crippen LogP contribution in [-0.2, 0) is 19.1 Å². The van der Waals surface area contributed by atoms with Gasteiger partial charge in [-0.1, -0.05) is 111 Å². The highest BCUT2D eigenvalue weighted by Gasteiger charge is 2.32. The summed E-state index contributed by atoms with van der Waals surface area (Å²) < 4.78 is 12.2. The molecule has 0 aliphatic heterocycles. The lowest BCUT2D eigenvalue weighted by atomic mass is 9.99. The van der Waals surface area contributed by atoms with Crippen molar-refractivity contribution < 1.29 is 28.6 Å². The lowest BCUT2D eigenvalue weighted by Gasteiger charge is -2.16. The molecule has 1 aromatic heterocycles. The highest BCUT2D eigenvalue weighted by molar-refractivity contribution is 6.40. The predicted molar refractivity (Wildman–Crippen MR) is 180 cm³/mol. The van der Waals surface area contributed by atoms with E-state index in [4.69, 9.17) is 32.7 Å². The van der Waals surface area contributed by atoms with E-state index in [2.05, 4.69) is 0 Å². The summed E-state index contributed by atoms with van der Waals surface area (Å²) >= 11 is 12.9. The fraction of sp³-hybridized carbons (Fsp3) is 0.0556. The molecule has 0 amide bonds.